The van der Waals surface area contributed by atoms with Crippen molar-refractivity contribution in [1.82, 2.24) is 9.71 Å². The molecule has 0 saturated heterocycles. The molecule has 0 fully saturated rings. The molecule has 3 N–H and O–H groups in total. The number of nitrogens with two attached hydrogens (primary N) is 1. The predicted molar refractivity (Wildman–Crippen MR) is 82.1 cm³/mol. The second-order valence-electron chi connectivity index (χ2n) is 4.93. The van der Waals surface area contributed by atoms with Crippen LogP contribution in [-0.4, -0.2) is 13.4 Å². The Balaban J connectivity index is 2.27. The van der Waals surface area contributed by atoms with E-state index in [4.69, 9.17) is 5.73 Å². The zero-order chi connectivity index (χ0) is 15.5. The molecule has 1 aromatic carbocycles. The predicted octanol–water partition coefficient (Wildman–Crippen LogP) is 1.64. The van der Waals surface area contributed by atoms with E-state index < -0.39 is 10.0 Å². The van der Waals surface area contributed by atoms with E-state index in [0.29, 0.717) is 12.1 Å². The van der Waals surface area contributed by atoms with Crippen molar-refractivity contribution in [2.75, 3.05) is 0 Å². The van der Waals surface area contributed by atoms with Gasteiger partial charge in [0.25, 0.3) is 0 Å². The number of pyridine rings is 1. The first-order valence-electron chi connectivity index (χ1n) is 6.63. The Hall–Kier alpha value is -1.76. The summed E-state index contributed by atoms with van der Waals surface area (Å²) < 4.78 is 27.5. The minimum absolute atomic E-state index is 0.210. The van der Waals surface area contributed by atoms with Crippen molar-refractivity contribution in [2.45, 2.75) is 31.8 Å². The molecule has 0 atom stereocenters. The lowest BCUT2D eigenvalue weighted by atomic mass is 10.1. The number of hydrogen-bond acceptors (Lipinski definition) is 4. The van der Waals surface area contributed by atoms with Crippen LogP contribution in [0.2, 0.25) is 0 Å². The number of nitrogens with one attached hydrogen (secondary N) is 1. The van der Waals surface area contributed by atoms with Gasteiger partial charge in [0.1, 0.15) is 0 Å². The molecule has 2 aromatic rings. The van der Waals surface area contributed by atoms with Gasteiger partial charge in [-0.05, 0) is 48.2 Å². The van der Waals surface area contributed by atoms with E-state index in [1.807, 2.05) is 19.1 Å². The molecule has 1 heterocycles. The summed E-state index contributed by atoms with van der Waals surface area (Å²) in [7, 11) is -3.57. The smallest absolute Gasteiger partial charge is 0.241 e. The third-order valence-corrected chi connectivity index (χ3v) is 4.88. The average molecular weight is 305 g/mol. The second-order valence-corrected chi connectivity index (χ2v) is 6.67. The van der Waals surface area contributed by atoms with Gasteiger partial charge in [-0.1, -0.05) is 12.1 Å². The van der Waals surface area contributed by atoms with Gasteiger partial charge >= 0.3 is 0 Å². The zero-order valence-corrected chi connectivity index (χ0v) is 12.9. The first-order valence-corrected chi connectivity index (χ1v) is 8.11. The van der Waals surface area contributed by atoms with E-state index in [1.54, 1.807) is 31.5 Å². The van der Waals surface area contributed by atoms with Gasteiger partial charge < -0.3 is 5.73 Å². The molecular formula is C15H19N3O2S. The molecule has 1 aromatic heterocycles. The van der Waals surface area contributed by atoms with Gasteiger partial charge in [0.2, 0.25) is 10.0 Å². The minimum Gasteiger partial charge on any atom is -0.326 e. The maximum absolute atomic E-state index is 12.4. The second kappa shape index (κ2) is 6.34. The van der Waals surface area contributed by atoms with Crippen molar-refractivity contribution in [2.24, 2.45) is 5.73 Å². The molecule has 21 heavy (non-hydrogen) atoms. The fourth-order valence-electron chi connectivity index (χ4n) is 2.14. The van der Waals surface area contributed by atoms with Gasteiger partial charge in [0.15, 0.2) is 0 Å². The van der Waals surface area contributed by atoms with Crippen LogP contribution in [0, 0.1) is 13.8 Å². The Bertz CT molecular complexity index is 728. The summed E-state index contributed by atoms with van der Waals surface area (Å²) in [4.78, 5) is 4.24. The molecule has 0 amide bonds. The zero-order valence-electron chi connectivity index (χ0n) is 12.1. The largest absolute Gasteiger partial charge is 0.326 e. The van der Waals surface area contributed by atoms with Gasteiger partial charge in [-0.3, -0.25) is 4.98 Å². The molecule has 0 radical (unpaired) electrons. The number of rotatable bonds is 5. The molecule has 5 nitrogen and oxygen atoms in total. The van der Waals surface area contributed by atoms with Crippen LogP contribution in [0.15, 0.2) is 41.6 Å². The summed E-state index contributed by atoms with van der Waals surface area (Å²) in [6, 6.07) is 7.09. The van der Waals surface area contributed by atoms with Crippen LogP contribution >= 0.6 is 0 Å². The van der Waals surface area contributed by atoms with Gasteiger partial charge in [-0.15, -0.1) is 0 Å². The maximum Gasteiger partial charge on any atom is 0.241 e. The van der Waals surface area contributed by atoms with Gasteiger partial charge in [-0.2, -0.15) is 0 Å². The Morgan fingerprint density at radius 2 is 2.00 bits per heavy atom. The van der Waals surface area contributed by atoms with Gasteiger partial charge in [0.05, 0.1) is 4.90 Å². The highest BCUT2D eigenvalue weighted by Crippen LogP contribution is 2.20. The first kappa shape index (κ1) is 15.6. The fourth-order valence-corrected chi connectivity index (χ4v) is 3.44. The lowest BCUT2D eigenvalue weighted by molar-refractivity contribution is 0.580. The van der Waals surface area contributed by atoms with Crippen molar-refractivity contribution in [1.29, 1.82) is 0 Å². The molecular weight excluding hydrogens is 286 g/mol. The lowest BCUT2D eigenvalue weighted by Crippen LogP contribution is -2.24. The number of hydrogen-bond donors (Lipinski definition) is 2. The molecule has 0 spiro atoms. The molecule has 0 bridgehead atoms. The van der Waals surface area contributed by atoms with Gasteiger partial charge in [-0.25, -0.2) is 13.1 Å². The molecule has 112 valence electrons. The first-order chi connectivity index (χ1) is 9.94. The van der Waals surface area contributed by atoms with E-state index >= 15 is 0 Å². The molecule has 0 unspecified atom stereocenters. The van der Waals surface area contributed by atoms with Crippen molar-refractivity contribution in [3.63, 3.8) is 0 Å². The van der Waals surface area contributed by atoms with Crippen LogP contribution in [0.5, 0.6) is 0 Å². The highest BCUT2D eigenvalue weighted by molar-refractivity contribution is 7.89. The van der Waals surface area contributed by atoms with E-state index in [9.17, 15) is 8.42 Å². The van der Waals surface area contributed by atoms with E-state index in [-0.39, 0.29) is 11.4 Å². The monoisotopic (exact) mass is 305 g/mol. The summed E-state index contributed by atoms with van der Waals surface area (Å²) in [5.41, 5.74) is 9.01. The van der Waals surface area contributed by atoms with Crippen molar-refractivity contribution in [3.05, 3.63) is 58.9 Å². The Labute approximate surface area is 125 Å². The van der Waals surface area contributed by atoms with Gasteiger partial charge in [0, 0.05) is 25.5 Å². The van der Waals surface area contributed by atoms with Crippen molar-refractivity contribution >= 4 is 10.0 Å². The topological polar surface area (TPSA) is 85.1 Å². The van der Waals surface area contributed by atoms with Crippen LogP contribution in [0.25, 0.3) is 0 Å². The summed E-state index contributed by atoms with van der Waals surface area (Å²) in [6.07, 6.45) is 3.28. The standard InChI is InChI=1S/C15H19N3O2S/c1-11-6-12(2)15(7-14(11)8-16)21(19,20)18-10-13-4-3-5-17-9-13/h3-7,9,18H,8,10,16H2,1-2H3. The van der Waals surface area contributed by atoms with Crippen LogP contribution in [0.3, 0.4) is 0 Å². The van der Waals surface area contributed by atoms with E-state index in [0.717, 1.165) is 16.7 Å². The SMILES string of the molecule is Cc1cc(C)c(S(=O)(=O)NCc2cccnc2)cc1CN. The number of nitrogens with zero attached hydrogens (tertiary/aromatic N) is 1. The Kier molecular flexibility index (Phi) is 4.72. The molecule has 2 rings (SSSR count). The number of aromatic nitrogens is 1. The maximum atomic E-state index is 12.4. The average Bonchev–Trinajstić information content (AvgIpc) is 2.46. The van der Waals surface area contributed by atoms with Crippen LogP contribution in [0.1, 0.15) is 22.3 Å². The normalized spacial score (nSPS) is 11.6. The third kappa shape index (κ3) is 3.66. The molecule has 0 saturated carbocycles. The third-order valence-electron chi connectivity index (χ3n) is 3.33. The highest BCUT2D eigenvalue weighted by Gasteiger charge is 2.18. The Morgan fingerprint density at radius 3 is 2.62 bits per heavy atom. The number of aryl methyl sites for hydroxylation is 2. The summed E-state index contributed by atoms with van der Waals surface area (Å²) >= 11 is 0. The minimum atomic E-state index is -3.57. The van der Waals surface area contributed by atoms with Crippen LogP contribution in [-0.2, 0) is 23.1 Å². The summed E-state index contributed by atoms with van der Waals surface area (Å²) in [5.74, 6) is 0. The molecule has 0 aliphatic carbocycles. The fraction of sp³-hybridized carbons (Fsp3) is 0.267. The summed E-state index contributed by atoms with van der Waals surface area (Å²) in [6.45, 7) is 4.24. The number of sulfonamides is 1. The lowest BCUT2D eigenvalue weighted by Gasteiger charge is -2.12. The molecule has 6 heteroatoms. The van der Waals surface area contributed by atoms with Crippen molar-refractivity contribution < 1.29 is 8.42 Å². The van der Waals surface area contributed by atoms with E-state index in [1.165, 1.54) is 0 Å². The van der Waals surface area contributed by atoms with Crippen LogP contribution in [0.4, 0.5) is 0 Å². The summed E-state index contributed by atoms with van der Waals surface area (Å²) in [5, 5.41) is 0. The van der Waals surface area contributed by atoms with Crippen LogP contribution < -0.4 is 10.5 Å². The number of benzene rings is 1. The quantitative estimate of drug-likeness (QED) is 0.879. The van der Waals surface area contributed by atoms with Crippen molar-refractivity contribution in [3.8, 4) is 0 Å². The molecule has 0 aliphatic heterocycles. The molecule has 0 aliphatic rings. The van der Waals surface area contributed by atoms with E-state index in [2.05, 4.69) is 9.71 Å². The highest BCUT2D eigenvalue weighted by atomic mass is 32.2. The Morgan fingerprint density at radius 1 is 1.24 bits per heavy atom.